The quantitative estimate of drug-likeness (QED) is 0.307. The zero-order valence-electron chi connectivity index (χ0n) is 16.3. The fourth-order valence-corrected chi connectivity index (χ4v) is 3.84. The molecule has 3 aromatic rings. The first-order chi connectivity index (χ1) is 15.3. The van der Waals surface area contributed by atoms with Crippen LogP contribution < -0.4 is 4.90 Å². The van der Waals surface area contributed by atoms with Gasteiger partial charge in [-0.3, -0.25) is 14.5 Å². The molecule has 1 unspecified atom stereocenters. The first-order valence-electron chi connectivity index (χ1n) is 9.43. The number of nitrogens with zero attached hydrogens (tertiary/aromatic N) is 1. The number of hydrogen-bond acceptors (Lipinski definition) is 4. The van der Waals surface area contributed by atoms with Crippen LogP contribution in [0.2, 0.25) is 10.0 Å². The summed E-state index contributed by atoms with van der Waals surface area (Å²) in [4.78, 5) is 38.5. The second-order valence-corrected chi connectivity index (χ2v) is 7.95. The highest BCUT2D eigenvalue weighted by atomic mass is 35.5. The van der Waals surface area contributed by atoms with Crippen LogP contribution in [0.5, 0.6) is 0 Å². The second-order valence-electron chi connectivity index (χ2n) is 7.08. The van der Waals surface area contributed by atoms with Gasteiger partial charge in [-0.15, -0.1) is 0 Å². The second kappa shape index (κ2) is 8.49. The normalized spacial score (nSPS) is 17.6. The number of aromatic carboxylic acids is 1. The zero-order valence-corrected chi connectivity index (χ0v) is 17.8. The summed E-state index contributed by atoms with van der Waals surface area (Å²) in [5, 5.41) is 21.1. The highest BCUT2D eigenvalue weighted by Crippen LogP contribution is 2.42. The Morgan fingerprint density at radius 3 is 1.78 bits per heavy atom. The lowest BCUT2D eigenvalue weighted by atomic mass is 9.95. The molecular formula is C24H15Cl2NO5. The maximum atomic E-state index is 13.0. The highest BCUT2D eigenvalue weighted by Gasteiger charge is 2.46. The number of aliphatic hydroxyl groups excluding tert-OH is 1. The van der Waals surface area contributed by atoms with Crippen LogP contribution in [0, 0.1) is 0 Å². The molecule has 0 aliphatic carbocycles. The van der Waals surface area contributed by atoms with Gasteiger partial charge in [-0.05, 0) is 66.2 Å². The van der Waals surface area contributed by atoms with Crippen molar-refractivity contribution >= 4 is 52.3 Å². The molecule has 0 bridgehead atoms. The van der Waals surface area contributed by atoms with E-state index >= 15 is 0 Å². The van der Waals surface area contributed by atoms with Crippen molar-refractivity contribution < 1.29 is 24.6 Å². The van der Waals surface area contributed by atoms with Crippen molar-refractivity contribution in [2.24, 2.45) is 0 Å². The first-order valence-corrected chi connectivity index (χ1v) is 10.2. The summed E-state index contributed by atoms with van der Waals surface area (Å²) in [6.45, 7) is 0. The molecule has 0 radical (unpaired) electrons. The largest absolute Gasteiger partial charge is 0.507 e. The lowest BCUT2D eigenvalue weighted by Gasteiger charge is -2.25. The third-order valence-electron chi connectivity index (χ3n) is 5.14. The Hall–Kier alpha value is -3.61. The number of hydrogen-bond donors (Lipinski definition) is 2. The molecule has 0 spiro atoms. The van der Waals surface area contributed by atoms with Gasteiger partial charge >= 0.3 is 5.97 Å². The van der Waals surface area contributed by atoms with Crippen molar-refractivity contribution in [3.8, 4) is 0 Å². The van der Waals surface area contributed by atoms with Crippen LogP contribution in [0.1, 0.15) is 27.5 Å². The Bertz CT molecular complexity index is 1250. The van der Waals surface area contributed by atoms with E-state index in [-0.39, 0.29) is 16.9 Å². The molecule has 1 saturated heterocycles. The summed E-state index contributed by atoms with van der Waals surface area (Å²) in [7, 11) is 0. The Morgan fingerprint density at radius 1 is 0.750 bits per heavy atom. The molecule has 0 saturated carbocycles. The Labute approximate surface area is 192 Å². The molecule has 1 aliphatic heterocycles. The molecule has 160 valence electrons. The number of Topliss-reactive ketones (excluding diaryl/α,β-unsaturated/α-hetero) is 1. The van der Waals surface area contributed by atoms with Gasteiger partial charge in [0.2, 0.25) is 0 Å². The van der Waals surface area contributed by atoms with E-state index in [4.69, 9.17) is 28.3 Å². The van der Waals surface area contributed by atoms with E-state index < -0.39 is 23.7 Å². The fourth-order valence-electron chi connectivity index (χ4n) is 3.59. The number of benzene rings is 3. The van der Waals surface area contributed by atoms with E-state index in [0.29, 0.717) is 26.9 Å². The van der Waals surface area contributed by atoms with Gasteiger partial charge in [-0.2, -0.15) is 0 Å². The molecular weight excluding hydrogens is 453 g/mol. The molecule has 2 N–H and O–H groups in total. The van der Waals surface area contributed by atoms with E-state index in [1.54, 1.807) is 48.5 Å². The molecule has 1 amide bonds. The van der Waals surface area contributed by atoms with Crippen LogP contribution in [-0.2, 0) is 9.59 Å². The number of halogens is 2. The lowest BCUT2D eigenvalue weighted by molar-refractivity contribution is -0.132. The summed E-state index contributed by atoms with van der Waals surface area (Å²) in [6, 6.07) is 17.4. The predicted molar refractivity (Wildman–Crippen MR) is 121 cm³/mol. The topological polar surface area (TPSA) is 94.9 Å². The predicted octanol–water partition coefficient (Wildman–Crippen LogP) is 5.32. The van der Waals surface area contributed by atoms with Crippen LogP contribution in [0.25, 0.3) is 5.76 Å². The molecule has 1 atom stereocenters. The molecule has 8 heteroatoms. The smallest absolute Gasteiger partial charge is 0.335 e. The van der Waals surface area contributed by atoms with Gasteiger partial charge in [-0.1, -0.05) is 35.3 Å². The van der Waals surface area contributed by atoms with E-state index in [9.17, 15) is 19.5 Å². The molecule has 6 nitrogen and oxygen atoms in total. The van der Waals surface area contributed by atoms with Gasteiger partial charge < -0.3 is 10.2 Å². The molecule has 1 fully saturated rings. The van der Waals surface area contributed by atoms with Gasteiger partial charge in [0.25, 0.3) is 11.7 Å². The van der Waals surface area contributed by atoms with Crippen molar-refractivity contribution in [2.45, 2.75) is 6.04 Å². The maximum Gasteiger partial charge on any atom is 0.335 e. The van der Waals surface area contributed by atoms with Crippen molar-refractivity contribution in [2.75, 3.05) is 4.90 Å². The molecule has 1 aliphatic rings. The van der Waals surface area contributed by atoms with Crippen LogP contribution in [0.15, 0.2) is 78.4 Å². The first kappa shape index (κ1) is 21.6. The third kappa shape index (κ3) is 3.86. The number of carbonyl (C=O) groups excluding carboxylic acids is 2. The molecule has 0 aromatic heterocycles. The average Bonchev–Trinajstić information content (AvgIpc) is 3.05. The number of carboxylic acids is 1. The van der Waals surface area contributed by atoms with Crippen molar-refractivity contribution in [1.82, 2.24) is 0 Å². The number of ketones is 1. The van der Waals surface area contributed by atoms with E-state index in [1.807, 2.05) is 0 Å². The summed E-state index contributed by atoms with van der Waals surface area (Å²) >= 11 is 11.9. The minimum Gasteiger partial charge on any atom is -0.507 e. The fraction of sp³-hybridized carbons (Fsp3) is 0.0417. The number of carbonyl (C=O) groups is 3. The molecule has 32 heavy (non-hydrogen) atoms. The van der Waals surface area contributed by atoms with Crippen molar-refractivity contribution in [3.05, 3.63) is 105 Å². The summed E-state index contributed by atoms with van der Waals surface area (Å²) in [5.74, 6) is -3.16. The van der Waals surface area contributed by atoms with Gasteiger partial charge in [0.05, 0.1) is 17.2 Å². The summed E-state index contributed by atoms with van der Waals surface area (Å²) in [5.41, 5.74) is 1.13. The minimum absolute atomic E-state index is 0.0366. The van der Waals surface area contributed by atoms with Gasteiger partial charge in [-0.25, -0.2) is 4.79 Å². The van der Waals surface area contributed by atoms with Crippen LogP contribution >= 0.6 is 23.2 Å². The van der Waals surface area contributed by atoms with Gasteiger partial charge in [0.1, 0.15) is 5.76 Å². The van der Waals surface area contributed by atoms with Crippen LogP contribution in [0.4, 0.5) is 5.69 Å². The highest BCUT2D eigenvalue weighted by molar-refractivity contribution is 6.51. The summed E-state index contributed by atoms with van der Waals surface area (Å²) < 4.78 is 0. The summed E-state index contributed by atoms with van der Waals surface area (Å²) in [6.07, 6.45) is 0. The number of aliphatic hydroxyl groups is 1. The third-order valence-corrected chi connectivity index (χ3v) is 5.64. The van der Waals surface area contributed by atoms with Crippen LogP contribution in [0.3, 0.4) is 0 Å². The molecule has 3 aromatic carbocycles. The number of carboxylic acid groups (broad SMARTS) is 1. The number of amides is 1. The van der Waals surface area contributed by atoms with Crippen LogP contribution in [-0.4, -0.2) is 27.9 Å². The van der Waals surface area contributed by atoms with Gasteiger partial charge in [0, 0.05) is 21.3 Å². The Balaban J connectivity index is 1.91. The standard InChI is InChI=1S/C24H15Cl2NO5/c25-16-7-1-13(2-8-16)20-19(21(28)14-3-9-17(26)10-4-14)22(29)23(30)27(20)18-11-5-15(6-12-18)24(31)32/h1-12,20,28H,(H,31,32)/b21-19+. The Morgan fingerprint density at radius 2 is 1.25 bits per heavy atom. The number of anilines is 1. The zero-order chi connectivity index (χ0) is 23.0. The van der Waals surface area contributed by atoms with Crippen molar-refractivity contribution in [3.63, 3.8) is 0 Å². The van der Waals surface area contributed by atoms with E-state index in [2.05, 4.69) is 0 Å². The van der Waals surface area contributed by atoms with E-state index in [1.165, 1.54) is 29.2 Å². The SMILES string of the molecule is O=C1C(=O)N(c2ccc(C(=O)O)cc2)C(c2ccc(Cl)cc2)/C1=C(\O)c1ccc(Cl)cc1. The average molecular weight is 468 g/mol. The maximum absolute atomic E-state index is 13.0. The minimum atomic E-state index is -1.12. The number of rotatable bonds is 4. The molecule has 4 rings (SSSR count). The van der Waals surface area contributed by atoms with Gasteiger partial charge in [0.15, 0.2) is 0 Å². The lowest BCUT2D eigenvalue weighted by Crippen LogP contribution is -2.29. The van der Waals surface area contributed by atoms with Crippen molar-refractivity contribution in [1.29, 1.82) is 0 Å². The monoisotopic (exact) mass is 467 g/mol. The van der Waals surface area contributed by atoms with E-state index in [0.717, 1.165) is 0 Å². The molecule has 1 heterocycles. The Kier molecular flexibility index (Phi) is 5.74.